The van der Waals surface area contributed by atoms with Gasteiger partial charge in [-0.05, 0) is 60.9 Å². The van der Waals surface area contributed by atoms with Crippen LogP contribution < -0.4 is 10.2 Å². The fourth-order valence-electron chi connectivity index (χ4n) is 4.87. The number of carbonyl (C=O) groups excluding carboxylic acids is 1. The number of nitrogens with one attached hydrogen (secondary N) is 1. The molecule has 1 amide bonds. The molecule has 3 aromatic rings. The van der Waals surface area contributed by atoms with E-state index in [1.807, 2.05) is 29.1 Å². The van der Waals surface area contributed by atoms with Crippen molar-refractivity contribution >= 4 is 28.1 Å². The Morgan fingerprint density at radius 1 is 1.33 bits per heavy atom. The van der Waals surface area contributed by atoms with E-state index in [0.717, 1.165) is 4.88 Å². The highest BCUT2D eigenvalue weighted by atomic mass is 32.1. The molecule has 0 saturated carbocycles. The fourth-order valence-corrected chi connectivity index (χ4v) is 5.47. The third-order valence-electron chi connectivity index (χ3n) is 7.03. The fraction of sp³-hybridized carbons (Fsp3) is 0.407. The van der Waals surface area contributed by atoms with E-state index >= 15 is 0 Å². The van der Waals surface area contributed by atoms with Crippen molar-refractivity contribution in [1.29, 1.82) is 0 Å². The van der Waals surface area contributed by atoms with Crippen LogP contribution >= 0.6 is 11.3 Å². The van der Waals surface area contributed by atoms with Crippen LogP contribution in [0.2, 0.25) is 0 Å². The number of hydrogen-bond donors (Lipinski definition) is 4. The topological polar surface area (TPSA) is 115 Å². The number of methoxy groups -OCH3 is 1. The van der Waals surface area contributed by atoms with Gasteiger partial charge in [0.2, 0.25) is 5.91 Å². The molecule has 1 saturated heterocycles. The molecule has 1 aromatic carbocycles. The third kappa shape index (κ3) is 5.69. The van der Waals surface area contributed by atoms with Gasteiger partial charge in [-0.1, -0.05) is 17.9 Å². The molecule has 9 heteroatoms. The lowest BCUT2D eigenvalue weighted by atomic mass is 9.73. The SMILES string of the molecule is COc1ccc2ncc(CO)c([C@H](O)CCC3(C(=O)NO)CCN(CC#Cc4cccs4)CC3)c2c1. The first-order chi connectivity index (χ1) is 17.5. The molecule has 0 unspecified atom stereocenters. The molecule has 4 rings (SSSR count). The summed E-state index contributed by atoms with van der Waals surface area (Å²) in [5.41, 5.74) is 2.85. The first-order valence-electron chi connectivity index (χ1n) is 11.9. The molecule has 0 aliphatic carbocycles. The summed E-state index contributed by atoms with van der Waals surface area (Å²) in [6.07, 6.45) is 2.40. The Morgan fingerprint density at radius 3 is 2.81 bits per heavy atom. The van der Waals surface area contributed by atoms with Crippen LogP contribution in [0.4, 0.5) is 0 Å². The number of ether oxygens (including phenoxy) is 1. The number of aliphatic hydroxyl groups is 2. The molecule has 36 heavy (non-hydrogen) atoms. The van der Waals surface area contributed by atoms with Crippen molar-refractivity contribution in [2.75, 3.05) is 26.7 Å². The van der Waals surface area contributed by atoms with Gasteiger partial charge in [0.1, 0.15) is 5.75 Å². The number of fused-ring (bicyclic) bond motifs is 1. The maximum atomic E-state index is 12.8. The molecular weight excluding hydrogens is 478 g/mol. The lowest BCUT2D eigenvalue weighted by Crippen LogP contribution is -2.48. The number of hydroxylamine groups is 1. The lowest BCUT2D eigenvalue weighted by Gasteiger charge is -2.40. The molecule has 4 N–H and O–H groups in total. The zero-order valence-corrected chi connectivity index (χ0v) is 21.1. The monoisotopic (exact) mass is 509 g/mol. The predicted molar refractivity (Wildman–Crippen MR) is 138 cm³/mol. The van der Waals surface area contributed by atoms with Gasteiger partial charge in [0, 0.05) is 30.2 Å². The van der Waals surface area contributed by atoms with E-state index in [2.05, 4.69) is 21.7 Å². The second-order valence-electron chi connectivity index (χ2n) is 9.07. The average Bonchev–Trinajstić information content (AvgIpc) is 3.44. The molecule has 8 nitrogen and oxygen atoms in total. The Morgan fingerprint density at radius 2 is 2.14 bits per heavy atom. The van der Waals surface area contributed by atoms with E-state index in [1.165, 1.54) is 0 Å². The normalized spacial score (nSPS) is 16.2. The van der Waals surface area contributed by atoms with E-state index in [9.17, 15) is 20.2 Å². The molecule has 0 spiro atoms. The van der Waals surface area contributed by atoms with Gasteiger partial charge in [0.15, 0.2) is 0 Å². The number of carbonyl (C=O) groups is 1. The van der Waals surface area contributed by atoms with Gasteiger partial charge in [-0.15, -0.1) is 11.3 Å². The molecule has 190 valence electrons. The number of aromatic nitrogens is 1. The zero-order valence-electron chi connectivity index (χ0n) is 20.2. The molecule has 0 radical (unpaired) electrons. The summed E-state index contributed by atoms with van der Waals surface area (Å²) in [5.74, 6) is 6.55. The number of rotatable bonds is 8. The molecule has 3 heterocycles. The van der Waals surface area contributed by atoms with E-state index < -0.39 is 17.4 Å². The number of benzene rings is 1. The maximum absolute atomic E-state index is 12.8. The molecule has 0 bridgehead atoms. The number of hydrogen-bond acceptors (Lipinski definition) is 8. The summed E-state index contributed by atoms with van der Waals surface area (Å²) >= 11 is 1.61. The minimum Gasteiger partial charge on any atom is -0.497 e. The summed E-state index contributed by atoms with van der Waals surface area (Å²) in [7, 11) is 1.57. The van der Waals surface area contributed by atoms with Gasteiger partial charge in [-0.3, -0.25) is 19.9 Å². The van der Waals surface area contributed by atoms with Crippen molar-refractivity contribution in [3.8, 4) is 17.6 Å². The van der Waals surface area contributed by atoms with Crippen molar-refractivity contribution in [1.82, 2.24) is 15.4 Å². The summed E-state index contributed by atoms with van der Waals surface area (Å²) in [6, 6.07) is 9.36. The van der Waals surface area contributed by atoms with Gasteiger partial charge in [0.05, 0.1) is 42.2 Å². The minimum absolute atomic E-state index is 0.268. The highest BCUT2D eigenvalue weighted by Crippen LogP contribution is 2.40. The Labute approximate surface area is 214 Å². The third-order valence-corrected chi connectivity index (χ3v) is 7.82. The summed E-state index contributed by atoms with van der Waals surface area (Å²) in [4.78, 5) is 20.4. The first kappa shape index (κ1) is 26.1. The molecule has 2 aromatic heterocycles. The Hall–Kier alpha value is -3.00. The second-order valence-corrected chi connectivity index (χ2v) is 10.0. The van der Waals surface area contributed by atoms with Crippen molar-refractivity contribution < 1.29 is 25.0 Å². The van der Waals surface area contributed by atoms with Crippen LogP contribution in [0.15, 0.2) is 41.9 Å². The summed E-state index contributed by atoms with van der Waals surface area (Å²) in [6.45, 7) is 1.68. The molecular formula is C27H31N3O5S. The molecule has 1 aliphatic heterocycles. The first-order valence-corrected chi connectivity index (χ1v) is 12.8. The predicted octanol–water partition coefficient (Wildman–Crippen LogP) is 3.25. The number of nitrogens with zero attached hydrogens (tertiary/aromatic N) is 2. The highest BCUT2D eigenvalue weighted by molar-refractivity contribution is 7.10. The number of amides is 1. The largest absolute Gasteiger partial charge is 0.497 e. The van der Waals surface area contributed by atoms with E-state index in [-0.39, 0.29) is 13.0 Å². The summed E-state index contributed by atoms with van der Waals surface area (Å²) < 4.78 is 5.34. The van der Waals surface area contributed by atoms with Crippen molar-refractivity contribution in [3.63, 3.8) is 0 Å². The molecule has 1 atom stereocenters. The van der Waals surface area contributed by atoms with Crippen LogP contribution in [0.1, 0.15) is 47.8 Å². The smallest absolute Gasteiger partial charge is 0.249 e. The Bertz CT molecular complexity index is 1240. The van der Waals surface area contributed by atoms with Crippen molar-refractivity contribution in [3.05, 3.63) is 57.9 Å². The maximum Gasteiger partial charge on any atom is 0.249 e. The number of aliphatic hydroxyl groups excluding tert-OH is 2. The van der Waals surface area contributed by atoms with E-state index in [0.29, 0.717) is 66.7 Å². The van der Waals surface area contributed by atoms with Gasteiger partial charge in [-0.2, -0.15) is 0 Å². The van der Waals surface area contributed by atoms with Gasteiger partial charge < -0.3 is 14.9 Å². The Balaban J connectivity index is 1.48. The second kappa shape index (κ2) is 11.8. The van der Waals surface area contributed by atoms with Gasteiger partial charge in [-0.25, -0.2) is 5.48 Å². The van der Waals surface area contributed by atoms with Crippen LogP contribution in [0.3, 0.4) is 0 Å². The van der Waals surface area contributed by atoms with Crippen LogP contribution in [0.25, 0.3) is 10.9 Å². The van der Waals surface area contributed by atoms with Crippen LogP contribution in [-0.4, -0.2) is 58.0 Å². The van der Waals surface area contributed by atoms with Crippen molar-refractivity contribution in [2.45, 2.75) is 38.4 Å². The van der Waals surface area contributed by atoms with Gasteiger partial charge in [0.25, 0.3) is 0 Å². The Kier molecular flexibility index (Phi) is 8.56. The molecule has 1 fully saturated rings. The van der Waals surface area contributed by atoms with Crippen molar-refractivity contribution in [2.24, 2.45) is 5.41 Å². The standard InChI is InChI=1S/C27H31N3O5S/c1-35-20-6-7-23-22(16-20)25(19(18-31)17-28-23)24(32)8-9-27(26(33)29-34)10-13-30(14-11-27)12-2-4-21-5-3-15-36-21/h3,5-7,15-17,24,31-32,34H,8-14,18H2,1H3,(H,29,33)/t24-/m1/s1. The number of pyridine rings is 1. The number of likely N-dealkylation sites (tertiary alicyclic amines) is 1. The van der Waals surface area contributed by atoms with E-state index in [4.69, 9.17) is 4.74 Å². The number of thiophene rings is 1. The lowest BCUT2D eigenvalue weighted by molar-refractivity contribution is -0.143. The zero-order chi connectivity index (χ0) is 25.5. The quantitative estimate of drug-likeness (QED) is 0.209. The average molecular weight is 510 g/mol. The van der Waals surface area contributed by atoms with Gasteiger partial charge >= 0.3 is 0 Å². The van der Waals surface area contributed by atoms with E-state index in [1.54, 1.807) is 36.8 Å². The highest BCUT2D eigenvalue weighted by Gasteiger charge is 2.41. The van der Waals surface area contributed by atoms with Crippen LogP contribution in [0.5, 0.6) is 5.75 Å². The molecule has 1 aliphatic rings. The van der Waals surface area contributed by atoms with Crippen LogP contribution in [-0.2, 0) is 11.4 Å². The minimum atomic E-state index is -0.928. The number of piperidine rings is 1. The summed E-state index contributed by atoms with van der Waals surface area (Å²) in [5, 5.41) is 33.3. The van der Waals surface area contributed by atoms with Crippen LogP contribution in [0, 0.1) is 17.3 Å².